The molecular formula is C30H30ClN3O4. The average Bonchev–Trinajstić information content (AvgIpc) is 3.37. The Morgan fingerprint density at radius 1 is 0.947 bits per heavy atom. The molecule has 3 aromatic carbocycles. The van der Waals surface area contributed by atoms with Crippen LogP contribution in [-0.2, 0) is 27.3 Å². The summed E-state index contributed by atoms with van der Waals surface area (Å²) in [5.41, 5.74) is 3.81. The highest BCUT2D eigenvalue weighted by atomic mass is 35.5. The van der Waals surface area contributed by atoms with Gasteiger partial charge >= 0.3 is 5.97 Å². The van der Waals surface area contributed by atoms with Gasteiger partial charge in [-0.2, -0.15) is 0 Å². The van der Waals surface area contributed by atoms with Crippen LogP contribution in [0.3, 0.4) is 0 Å². The van der Waals surface area contributed by atoms with E-state index in [1.54, 1.807) is 37.4 Å². The molecule has 0 spiro atoms. The molecular weight excluding hydrogens is 502 g/mol. The summed E-state index contributed by atoms with van der Waals surface area (Å²) in [5, 5.41) is 3.86. The molecule has 1 aromatic heterocycles. The zero-order valence-corrected chi connectivity index (χ0v) is 21.9. The maximum absolute atomic E-state index is 13.7. The highest BCUT2D eigenvalue weighted by Crippen LogP contribution is 2.30. The molecule has 0 radical (unpaired) electrons. The number of amides is 2. The van der Waals surface area contributed by atoms with Crippen molar-refractivity contribution in [2.24, 2.45) is 0 Å². The third-order valence-electron chi connectivity index (χ3n) is 6.28. The second kappa shape index (κ2) is 12.9. The van der Waals surface area contributed by atoms with Crippen LogP contribution >= 0.6 is 11.6 Å². The van der Waals surface area contributed by atoms with Gasteiger partial charge in [0.1, 0.15) is 11.9 Å². The number of ether oxygens (including phenoxy) is 1. The van der Waals surface area contributed by atoms with Gasteiger partial charge in [0.25, 0.3) is 0 Å². The molecule has 8 heteroatoms. The molecule has 0 aliphatic heterocycles. The first-order chi connectivity index (χ1) is 18.5. The molecule has 0 aliphatic carbocycles. The van der Waals surface area contributed by atoms with Gasteiger partial charge in [-0.25, -0.2) is 4.79 Å². The highest BCUT2D eigenvalue weighted by molar-refractivity contribution is 6.27. The van der Waals surface area contributed by atoms with Gasteiger partial charge in [0, 0.05) is 35.8 Å². The first-order valence-electron chi connectivity index (χ1n) is 12.5. The van der Waals surface area contributed by atoms with Gasteiger partial charge < -0.3 is 19.9 Å². The zero-order chi connectivity index (χ0) is 26.9. The van der Waals surface area contributed by atoms with Crippen LogP contribution in [0, 0.1) is 0 Å². The van der Waals surface area contributed by atoms with Crippen molar-refractivity contribution in [3.05, 3.63) is 107 Å². The summed E-state index contributed by atoms with van der Waals surface area (Å²) in [6, 6.07) is 23.4. The van der Waals surface area contributed by atoms with E-state index in [4.69, 9.17) is 16.3 Å². The normalized spacial score (nSPS) is 11.6. The Morgan fingerprint density at radius 3 is 2.37 bits per heavy atom. The van der Waals surface area contributed by atoms with Crippen LogP contribution in [0.4, 0.5) is 0 Å². The predicted octanol–water partition coefficient (Wildman–Crippen LogP) is 5.01. The van der Waals surface area contributed by atoms with Crippen LogP contribution in [0.25, 0.3) is 10.9 Å². The molecule has 4 aromatic rings. The van der Waals surface area contributed by atoms with Crippen molar-refractivity contribution in [1.82, 2.24) is 15.2 Å². The van der Waals surface area contributed by atoms with E-state index in [1.165, 1.54) is 4.90 Å². The molecule has 1 heterocycles. The number of benzene rings is 3. The quantitative estimate of drug-likeness (QED) is 0.210. The maximum atomic E-state index is 13.7. The van der Waals surface area contributed by atoms with Crippen LogP contribution in [-0.4, -0.2) is 46.7 Å². The molecule has 2 N–H and O–H groups in total. The number of nitrogens with one attached hydrogen (secondary N) is 2. The smallest absolute Gasteiger partial charge is 0.338 e. The van der Waals surface area contributed by atoms with Crippen molar-refractivity contribution >= 4 is 40.3 Å². The molecule has 0 aliphatic rings. The number of nitrogens with zero attached hydrogens (tertiary/aromatic N) is 1. The minimum Gasteiger partial charge on any atom is -0.462 e. The van der Waals surface area contributed by atoms with Gasteiger partial charge in [-0.1, -0.05) is 60.7 Å². The van der Waals surface area contributed by atoms with Crippen LogP contribution in [0.15, 0.2) is 85.1 Å². The first kappa shape index (κ1) is 26.9. The standard InChI is InChI=1S/C30H30ClN3O4/c1-2-38-30(37)23-14-12-22(13-15-23)20-34(27(35)18-31)28(25-19-33-26-11-7-6-10-24(25)26)29(36)32-17-16-21-8-4-3-5-9-21/h3-15,19,28,33H,2,16-18,20H2,1H3,(H,32,36). The van der Waals surface area contributed by atoms with E-state index >= 15 is 0 Å². The van der Waals surface area contributed by atoms with Gasteiger partial charge in [0.15, 0.2) is 0 Å². The minimum absolute atomic E-state index is 0.130. The third kappa shape index (κ3) is 6.42. The number of esters is 1. The molecule has 7 nitrogen and oxygen atoms in total. The lowest BCUT2D eigenvalue weighted by Gasteiger charge is -2.31. The Morgan fingerprint density at radius 2 is 1.66 bits per heavy atom. The molecule has 0 saturated heterocycles. The van der Waals surface area contributed by atoms with Crippen molar-refractivity contribution < 1.29 is 19.1 Å². The van der Waals surface area contributed by atoms with Crippen molar-refractivity contribution in [3.8, 4) is 0 Å². The van der Waals surface area contributed by atoms with Gasteiger partial charge in [0.2, 0.25) is 11.8 Å². The van der Waals surface area contributed by atoms with Crippen molar-refractivity contribution in [3.63, 3.8) is 0 Å². The number of rotatable bonds is 11. The molecule has 0 saturated carbocycles. The Kier molecular flexibility index (Phi) is 9.16. The van der Waals surface area contributed by atoms with E-state index in [1.807, 2.05) is 54.6 Å². The SMILES string of the molecule is CCOC(=O)c1ccc(CN(C(=O)CCl)C(C(=O)NCCc2ccccc2)c2c[nH]c3ccccc23)cc1. The van der Waals surface area contributed by atoms with E-state index in [0.717, 1.165) is 22.0 Å². The summed E-state index contributed by atoms with van der Waals surface area (Å²) >= 11 is 6.04. The summed E-state index contributed by atoms with van der Waals surface area (Å²) in [6.45, 7) is 2.58. The first-order valence-corrected chi connectivity index (χ1v) is 13.0. The van der Waals surface area contributed by atoms with E-state index in [0.29, 0.717) is 24.1 Å². The number of carbonyl (C=O) groups is 3. The van der Waals surface area contributed by atoms with Crippen LogP contribution in [0.2, 0.25) is 0 Å². The molecule has 38 heavy (non-hydrogen) atoms. The second-order valence-corrected chi connectivity index (χ2v) is 9.06. The van der Waals surface area contributed by atoms with Crippen LogP contribution in [0.5, 0.6) is 0 Å². The summed E-state index contributed by atoms with van der Waals surface area (Å²) in [5.74, 6) is -1.37. The molecule has 196 valence electrons. The van der Waals surface area contributed by atoms with Crippen molar-refractivity contribution in [2.45, 2.75) is 25.9 Å². The number of hydrogen-bond acceptors (Lipinski definition) is 4. The molecule has 1 atom stereocenters. The van der Waals surface area contributed by atoms with E-state index in [2.05, 4.69) is 10.3 Å². The number of halogens is 1. The van der Waals surface area contributed by atoms with E-state index in [-0.39, 0.29) is 30.8 Å². The number of hydrogen-bond donors (Lipinski definition) is 2. The Balaban J connectivity index is 1.64. The Hall–Kier alpha value is -4.10. The third-order valence-corrected chi connectivity index (χ3v) is 6.51. The Bertz CT molecular complexity index is 1390. The number of carbonyl (C=O) groups excluding carboxylic acids is 3. The van der Waals surface area contributed by atoms with Crippen molar-refractivity contribution in [1.29, 1.82) is 0 Å². The van der Waals surface area contributed by atoms with Crippen LogP contribution < -0.4 is 5.32 Å². The van der Waals surface area contributed by atoms with Gasteiger partial charge in [-0.3, -0.25) is 9.59 Å². The summed E-state index contributed by atoms with van der Waals surface area (Å²) in [6.07, 6.45) is 2.43. The summed E-state index contributed by atoms with van der Waals surface area (Å²) in [7, 11) is 0. The number of fused-ring (bicyclic) bond motifs is 1. The second-order valence-electron chi connectivity index (χ2n) is 8.79. The number of aromatic nitrogens is 1. The van der Waals surface area contributed by atoms with Gasteiger partial charge in [-0.15, -0.1) is 11.6 Å². The summed E-state index contributed by atoms with van der Waals surface area (Å²) in [4.78, 5) is 43.6. The van der Waals surface area contributed by atoms with E-state index < -0.39 is 12.0 Å². The number of aromatic amines is 1. The topological polar surface area (TPSA) is 91.5 Å². The lowest BCUT2D eigenvalue weighted by atomic mass is 10.0. The largest absolute Gasteiger partial charge is 0.462 e. The van der Waals surface area contributed by atoms with Crippen molar-refractivity contribution in [2.75, 3.05) is 19.0 Å². The fourth-order valence-corrected chi connectivity index (χ4v) is 4.55. The number of H-pyrrole nitrogens is 1. The molecule has 0 bridgehead atoms. The zero-order valence-electron chi connectivity index (χ0n) is 21.2. The van der Waals surface area contributed by atoms with Gasteiger partial charge in [-0.05, 0) is 42.7 Å². The molecule has 0 fully saturated rings. The number of alkyl halides is 1. The predicted molar refractivity (Wildman–Crippen MR) is 148 cm³/mol. The summed E-state index contributed by atoms with van der Waals surface area (Å²) < 4.78 is 5.06. The van der Waals surface area contributed by atoms with E-state index in [9.17, 15) is 14.4 Å². The average molecular weight is 532 g/mol. The monoisotopic (exact) mass is 531 g/mol. The molecule has 4 rings (SSSR count). The highest BCUT2D eigenvalue weighted by Gasteiger charge is 2.33. The van der Waals surface area contributed by atoms with Gasteiger partial charge in [0.05, 0.1) is 12.2 Å². The molecule has 1 unspecified atom stereocenters. The lowest BCUT2D eigenvalue weighted by molar-refractivity contribution is -0.139. The number of para-hydroxylation sites is 1. The Labute approximate surface area is 226 Å². The molecule has 2 amide bonds. The van der Waals surface area contributed by atoms with Crippen LogP contribution in [0.1, 0.15) is 40.0 Å². The fraction of sp³-hybridized carbons (Fsp3) is 0.233. The lowest BCUT2D eigenvalue weighted by Crippen LogP contribution is -2.44. The fourth-order valence-electron chi connectivity index (χ4n) is 4.40. The maximum Gasteiger partial charge on any atom is 0.338 e. The minimum atomic E-state index is -0.919.